The van der Waals surface area contributed by atoms with Crippen molar-refractivity contribution in [2.24, 2.45) is 4.99 Å². The minimum atomic E-state index is 0.342. The van der Waals surface area contributed by atoms with E-state index in [-0.39, 0.29) is 0 Å². The number of aromatic nitrogens is 1. The third-order valence-corrected chi connectivity index (χ3v) is 4.28. The lowest BCUT2D eigenvalue weighted by Crippen LogP contribution is -2.47. The summed E-state index contributed by atoms with van der Waals surface area (Å²) in [5, 5.41) is 6.84. The van der Waals surface area contributed by atoms with Crippen molar-refractivity contribution in [2.75, 3.05) is 13.2 Å². The molecule has 1 aromatic heterocycles. The van der Waals surface area contributed by atoms with E-state index in [1.807, 2.05) is 19.1 Å². The van der Waals surface area contributed by atoms with E-state index in [0.717, 1.165) is 30.9 Å². The molecule has 2 N–H and O–H groups in total. The summed E-state index contributed by atoms with van der Waals surface area (Å²) in [6, 6.07) is 4.29. The first-order valence-electron chi connectivity index (χ1n) is 8.56. The molecule has 126 valence electrons. The van der Waals surface area contributed by atoms with Gasteiger partial charge >= 0.3 is 0 Å². The molecule has 0 radical (unpaired) electrons. The summed E-state index contributed by atoms with van der Waals surface area (Å²) in [5.41, 5.74) is 1.09. The molecule has 3 atom stereocenters. The van der Waals surface area contributed by atoms with Gasteiger partial charge in [-0.1, -0.05) is 0 Å². The molecular formula is C17H26N4O2. The lowest BCUT2D eigenvalue weighted by molar-refractivity contribution is 0.0992. The van der Waals surface area contributed by atoms with E-state index >= 15 is 0 Å². The Morgan fingerprint density at radius 1 is 1.43 bits per heavy atom. The molecule has 2 aliphatic rings. The zero-order valence-corrected chi connectivity index (χ0v) is 13.9. The summed E-state index contributed by atoms with van der Waals surface area (Å²) in [7, 11) is 0. The van der Waals surface area contributed by atoms with Gasteiger partial charge in [0.15, 0.2) is 5.96 Å². The van der Waals surface area contributed by atoms with E-state index in [2.05, 4.69) is 27.5 Å². The molecule has 3 rings (SSSR count). The molecule has 0 amide bonds. The van der Waals surface area contributed by atoms with Crippen LogP contribution in [0, 0.1) is 0 Å². The molecule has 6 heteroatoms. The van der Waals surface area contributed by atoms with Gasteiger partial charge in [-0.05, 0) is 44.7 Å². The third kappa shape index (κ3) is 4.13. The van der Waals surface area contributed by atoms with Gasteiger partial charge in [0.2, 0.25) is 5.88 Å². The lowest BCUT2D eigenvalue weighted by atomic mass is 9.96. The highest BCUT2D eigenvalue weighted by molar-refractivity contribution is 5.80. The summed E-state index contributed by atoms with van der Waals surface area (Å²) in [6.45, 7) is 6.09. The van der Waals surface area contributed by atoms with Crippen molar-refractivity contribution in [1.82, 2.24) is 15.6 Å². The first-order valence-corrected chi connectivity index (χ1v) is 8.56. The third-order valence-electron chi connectivity index (χ3n) is 4.28. The maximum absolute atomic E-state index is 5.90. The van der Waals surface area contributed by atoms with Gasteiger partial charge in [-0.25, -0.2) is 9.98 Å². The number of aliphatic imine (C=N–C) groups is 1. The second kappa shape index (κ2) is 7.64. The van der Waals surface area contributed by atoms with Crippen molar-refractivity contribution in [2.45, 2.75) is 57.9 Å². The van der Waals surface area contributed by atoms with E-state index in [1.165, 1.54) is 6.42 Å². The number of hydrogen-bond donors (Lipinski definition) is 2. The summed E-state index contributed by atoms with van der Waals surface area (Å²) >= 11 is 0. The molecule has 2 bridgehead atoms. The summed E-state index contributed by atoms with van der Waals surface area (Å²) in [6.07, 6.45) is 5.99. The Morgan fingerprint density at radius 3 is 3.04 bits per heavy atom. The lowest BCUT2D eigenvalue weighted by Gasteiger charge is -2.22. The number of pyridine rings is 1. The maximum atomic E-state index is 5.90. The highest BCUT2D eigenvalue weighted by atomic mass is 16.5. The number of nitrogens with one attached hydrogen (secondary N) is 2. The first-order chi connectivity index (χ1) is 11.3. The van der Waals surface area contributed by atoms with Crippen LogP contribution in [-0.4, -0.2) is 42.3 Å². The van der Waals surface area contributed by atoms with Crippen LogP contribution in [0.3, 0.4) is 0 Å². The number of guanidine groups is 1. The fraction of sp³-hybridized carbons (Fsp3) is 0.647. The molecule has 0 spiro atoms. The molecule has 2 fully saturated rings. The highest BCUT2D eigenvalue weighted by Gasteiger charge is 2.41. The SMILES string of the molecule is CCNC(=NCc1ccnc(OCC)c1)NC1CC2CCC1O2. The maximum Gasteiger partial charge on any atom is 0.213 e. The summed E-state index contributed by atoms with van der Waals surface area (Å²) < 4.78 is 11.3. The molecule has 0 saturated carbocycles. The standard InChI is InChI=1S/C17H26N4O2/c1-3-18-17(21-14-10-13-5-6-15(14)23-13)20-11-12-7-8-19-16(9-12)22-4-2/h7-9,13-15H,3-6,10-11H2,1-2H3,(H2,18,20,21). The second-order valence-corrected chi connectivity index (χ2v) is 5.99. The van der Waals surface area contributed by atoms with Crippen molar-refractivity contribution in [3.05, 3.63) is 23.9 Å². The molecule has 2 aliphatic heterocycles. The van der Waals surface area contributed by atoms with Gasteiger partial charge in [-0.3, -0.25) is 0 Å². The van der Waals surface area contributed by atoms with E-state index in [4.69, 9.17) is 9.47 Å². The predicted octanol–water partition coefficient (Wildman–Crippen LogP) is 1.86. The Hall–Kier alpha value is -1.82. The van der Waals surface area contributed by atoms with Crippen LogP contribution in [0.4, 0.5) is 0 Å². The predicted molar refractivity (Wildman–Crippen MR) is 89.7 cm³/mol. The van der Waals surface area contributed by atoms with Crippen LogP contribution < -0.4 is 15.4 Å². The minimum Gasteiger partial charge on any atom is -0.478 e. The van der Waals surface area contributed by atoms with E-state index < -0.39 is 0 Å². The van der Waals surface area contributed by atoms with E-state index in [0.29, 0.717) is 37.3 Å². The molecule has 0 aromatic carbocycles. The van der Waals surface area contributed by atoms with Crippen LogP contribution >= 0.6 is 0 Å². The van der Waals surface area contributed by atoms with Gasteiger partial charge in [0.25, 0.3) is 0 Å². The fourth-order valence-corrected chi connectivity index (χ4v) is 3.23. The van der Waals surface area contributed by atoms with E-state index in [9.17, 15) is 0 Å². The van der Waals surface area contributed by atoms with Crippen LogP contribution in [-0.2, 0) is 11.3 Å². The first kappa shape index (κ1) is 16.1. The number of nitrogens with zero attached hydrogens (tertiary/aromatic N) is 2. The fourth-order valence-electron chi connectivity index (χ4n) is 3.23. The van der Waals surface area contributed by atoms with Crippen LogP contribution in [0.15, 0.2) is 23.3 Å². The molecule has 3 unspecified atom stereocenters. The van der Waals surface area contributed by atoms with Gasteiger partial charge in [-0.2, -0.15) is 0 Å². The van der Waals surface area contributed by atoms with Crippen LogP contribution in [0.2, 0.25) is 0 Å². The zero-order valence-electron chi connectivity index (χ0n) is 13.9. The average Bonchev–Trinajstić information content (AvgIpc) is 3.16. The molecule has 3 heterocycles. The van der Waals surface area contributed by atoms with Gasteiger partial charge in [-0.15, -0.1) is 0 Å². The van der Waals surface area contributed by atoms with Crippen molar-refractivity contribution in [3.63, 3.8) is 0 Å². The van der Waals surface area contributed by atoms with Crippen LogP contribution in [0.25, 0.3) is 0 Å². The van der Waals surface area contributed by atoms with Crippen molar-refractivity contribution >= 4 is 5.96 Å². The number of rotatable bonds is 6. The summed E-state index contributed by atoms with van der Waals surface area (Å²) in [4.78, 5) is 8.87. The Morgan fingerprint density at radius 2 is 2.35 bits per heavy atom. The second-order valence-electron chi connectivity index (χ2n) is 5.99. The molecule has 23 heavy (non-hydrogen) atoms. The quantitative estimate of drug-likeness (QED) is 0.619. The minimum absolute atomic E-state index is 0.342. The number of ether oxygens (including phenoxy) is 2. The van der Waals surface area contributed by atoms with Crippen molar-refractivity contribution in [3.8, 4) is 5.88 Å². The van der Waals surface area contributed by atoms with Crippen LogP contribution in [0.5, 0.6) is 5.88 Å². The van der Waals surface area contributed by atoms with Crippen molar-refractivity contribution < 1.29 is 9.47 Å². The van der Waals surface area contributed by atoms with Gasteiger partial charge in [0.1, 0.15) is 0 Å². The normalized spacial score (nSPS) is 26.3. The number of hydrogen-bond acceptors (Lipinski definition) is 4. The summed E-state index contributed by atoms with van der Waals surface area (Å²) in [5.74, 6) is 1.50. The monoisotopic (exact) mass is 318 g/mol. The van der Waals surface area contributed by atoms with E-state index in [1.54, 1.807) is 6.20 Å². The van der Waals surface area contributed by atoms with Gasteiger partial charge in [0, 0.05) is 18.8 Å². The Bertz CT molecular complexity index is 549. The Balaban J connectivity index is 1.61. The Labute approximate surface area is 137 Å². The smallest absolute Gasteiger partial charge is 0.213 e. The topological polar surface area (TPSA) is 67.8 Å². The van der Waals surface area contributed by atoms with Crippen molar-refractivity contribution in [1.29, 1.82) is 0 Å². The molecule has 1 aromatic rings. The van der Waals surface area contributed by atoms with Gasteiger partial charge < -0.3 is 20.1 Å². The molecule has 0 aliphatic carbocycles. The molecule has 2 saturated heterocycles. The van der Waals surface area contributed by atoms with Crippen LogP contribution in [0.1, 0.15) is 38.7 Å². The zero-order chi connectivity index (χ0) is 16.1. The largest absolute Gasteiger partial charge is 0.478 e. The molecular weight excluding hydrogens is 292 g/mol. The van der Waals surface area contributed by atoms with Gasteiger partial charge in [0.05, 0.1) is 31.4 Å². The average molecular weight is 318 g/mol. The number of fused-ring (bicyclic) bond motifs is 2. The highest BCUT2D eigenvalue weighted by Crippen LogP contribution is 2.34. The Kier molecular flexibility index (Phi) is 5.33. The molecule has 6 nitrogen and oxygen atoms in total.